The molecule has 0 aromatic carbocycles. The number of ether oxygens (including phenoxy) is 2. The van der Waals surface area contributed by atoms with Crippen LogP contribution in [-0.2, 0) is 4.74 Å². The second kappa shape index (κ2) is 10.3. The standard InChI is InChI=1S/C22H25F6N5O3/c1-20(2,36-19(29)34)8-5-13-6-9-21(24,25)12-33(13)18-15(23)3-4-16(32-18)31-17-11-14(7-10-30-17)35-22(26,27)28/h3-4,7,10-11,13H,5-6,8-9,12H2,1-2H3,(H2,29,34)(H,30,31,32)/t13-/m1/s1. The maximum absolute atomic E-state index is 14.8. The summed E-state index contributed by atoms with van der Waals surface area (Å²) in [6, 6.07) is 3.59. The Balaban J connectivity index is 1.83. The molecule has 1 aliphatic heterocycles. The number of pyridine rings is 2. The molecular formula is C22H25F6N5O3. The third kappa shape index (κ3) is 7.78. The summed E-state index contributed by atoms with van der Waals surface area (Å²) < 4.78 is 89.8. The van der Waals surface area contributed by atoms with E-state index in [0.717, 1.165) is 29.3 Å². The van der Waals surface area contributed by atoms with E-state index in [1.54, 1.807) is 13.8 Å². The molecule has 36 heavy (non-hydrogen) atoms. The van der Waals surface area contributed by atoms with Gasteiger partial charge >= 0.3 is 12.5 Å². The second-order valence-corrected chi connectivity index (χ2v) is 8.95. The lowest BCUT2D eigenvalue weighted by atomic mass is 9.91. The minimum Gasteiger partial charge on any atom is -0.444 e. The van der Waals surface area contributed by atoms with Gasteiger partial charge in [-0.15, -0.1) is 13.2 Å². The average molecular weight is 521 g/mol. The van der Waals surface area contributed by atoms with Gasteiger partial charge in [0.1, 0.15) is 23.0 Å². The molecule has 1 saturated heterocycles. The number of nitrogens with zero attached hydrogens (tertiary/aromatic N) is 3. The van der Waals surface area contributed by atoms with Crippen molar-refractivity contribution in [3.05, 3.63) is 36.3 Å². The highest BCUT2D eigenvalue weighted by Crippen LogP contribution is 2.37. The number of rotatable bonds is 8. The molecule has 2 aromatic rings. The molecule has 1 fully saturated rings. The first-order chi connectivity index (χ1) is 16.6. The lowest BCUT2D eigenvalue weighted by Crippen LogP contribution is -2.50. The number of carbonyl (C=O) groups is 1. The molecule has 0 unspecified atom stereocenters. The lowest BCUT2D eigenvalue weighted by molar-refractivity contribution is -0.274. The zero-order valence-corrected chi connectivity index (χ0v) is 19.4. The molecule has 3 rings (SSSR count). The monoisotopic (exact) mass is 521 g/mol. The van der Waals surface area contributed by atoms with Crippen LogP contribution in [0.1, 0.15) is 39.5 Å². The molecular weight excluding hydrogens is 496 g/mol. The number of nitrogens with one attached hydrogen (secondary N) is 1. The van der Waals surface area contributed by atoms with E-state index in [2.05, 4.69) is 20.0 Å². The van der Waals surface area contributed by atoms with Crippen molar-refractivity contribution in [3.63, 3.8) is 0 Å². The van der Waals surface area contributed by atoms with Crippen molar-refractivity contribution in [2.75, 3.05) is 16.8 Å². The Kier molecular flexibility index (Phi) is 7.74. The summed E-state index contributed by atoms with van der Waals surface area (Å²) in [4.78, 5) is 20.2. The van der Waals surface area contributed by atoms with Crippen molar-refractivity contribution in [2.24, 2.45) is 5.73 Å². The molecule has 0 aliphatic carbocycles. The van der Waals surface area contributed by atoms with Gasteiger partial charge in [-0.25, -0.2) is 27.9 Å². The fourth-order valence-corrected chi connectivity index (χ4v) is 3.89. The number of halogens is 6. The van der Waals surface area contributed by atoms with Crippen LogP contribution in [0.4, 0.5) is 48.6 Å². The summed E-state index contributed by atoms with van der Waals surface area (Å²) in [5.41, 5.74) is 4.10. The van der Waals surface area contributed by atoms with Crippen LogP contribution in [0.2, 0.25) is 0 Å². The van der Waals surface area contributed by atoms with Crippen LogP contribution in [0, 0.1) is 5.82 Å². The Labute approximate surface area is 202 Å². The summed E-state index contributed by atoms with van der Waals surface area (Å²) >= 11 is 0. The van der Waals surface area contributed by atoms with E-state index >= 15 is 0 Å². The molecule has 0 saturated carbocycles. The van der Waals surface area contributed by atoms with Crippen molar-refractivity contribution in [1.82, 2.24) is 9.97 Å². The van der Waals surface area contributed by atoms with Crippen molar-refractivity contribution in [1.29, 1.82) is 0 Å². The minimum atomic E-state index is -4.91. The van der Waals surface area contributed by atoms with E-state index in [4.69, 9.17) is 10.5 Å². The van der Waals surface area contributed by atoms with Crippen molar-refractivity contribution >= 4 is 23.5 Å². The van der Waals surface area contributed by atoms with E-state index in [1.807, 2.05) is 0 Å². The predicted molar refractivity (Wildman–Crippen MR) is 118 cm³/mol. The Bertz CT molecular complexity index is 1080. The maximum Gasteiger partial charge on any atom is 0.573 e. The van der Waals surface area contributed by atoms with Crippen LogP contribution in [0.3, 0.4) is 0 Å². The van der Waals surface area contributed by atoms with Crippen LogP contribution in [-0.4, -0.2) is 46.5 Å². The zero-order valence-electron chi connectivity index (χ0n) is 19.4. The highest BCUT2D eigenvalue weighted by molar-refractivity contribution is 5.65. The van der Waals surface area contributed by atoms with E-state index in [0.29, 0.717) is 0 Å². The van der Waals surface area contributed by atoms with Gasteiger partial charge in [0, 0.05) is 24.7 Å². The molecule has 2 aromatic heterocycles. The largest absolute Gasteiger partial charge is 0.573 e. The molecule has 0 bridgehead atoms. The van der Waals surface area contributed by atoms with Crippen molar-refractivity contribution in [3.8, 4) is 5.75 Å². The number of anilines is 3. The third-order valence-corrected chi connectivity index (χ3v) is 5.46. The molecule has 14 heteroatoms. The van der Waals surface area contributed by atoms with Gasteiger partial charge < -0.3 is 25.4 Å². The number of nitrogens with two attached hydrogens (primary N) is 1. The van der Waals surface area contributed by atoms with Gasteiger partial charge in [-0.2, -0.15) is 0 Å². The highest BCUT2D eigenvalue weighted by Gasteiger charge is 2.42. The molecule has 1 aliphatic rings. The number of amides is 1. The first kappa shape index (κ1) is 27.1. The van der Waals surface area contributed by atoms with Gasteiger partial charge in [-0.3, -0.25) is 0 Å². The fourth-order valence-electron chi connectivity index (χ4n) is 3.89. The molecule has 8 nitrogen and oxygen atoms in total. The smallest absolute Gasteiger partial charge is 0.444 e. The van der Waals surface area contributed by atoms with Crippen LogP contribution in [0.25, 0.3) is 0 Å². The van der Waals surface area contributed by atoms with Gasteiger partial charge in [-0.1, -0.05) is 0 Å². The average Bonchev–Trinajstić information content (AvgIpc) is 2.72. The number of carbonyl (C=O) groups excluding carboxylic acids is 1. The second-order valence-electron chi connectivity index (χ2n) is 8.95. The number of hydrogen-bond acceptors (Lipinski definition) is 7. The van der Waals surface area contributed by atoms with Crippen LogP contribution >= 0.6 is 0 Å². The maximum atomic E-state index is 14.8. The number of aromatic nitrogens is 2. The Morgan fingerprint density at radius 3 is 2.64 bits per heavy atom. The molecule has 0 spiro atoms. The van der Waals surface area contributed by atoms with E-state index in [1.165, 1.54) is 6.07 Å². The Hall–Kier alpha value is -3.45. The third-order valence-electron chi connectivity index (χ3n) is 5.46. The molecule has 0 radical (unpaired) electrons. The Morgan fingerprint density at radius 2 is 1.97 bits per heavy atom. The van der Waals surface area contributed by atoms with Gasteiger partial charge in [0.15, 0.2) is 11.6 Å². The molecule has 3 heterocycles. The van der Waals surface area contributed by atoms with Gasteiger partial charge in [0.2, 0.25) is 0 Å². The lowest BCUT2D eigenvalue weighted by Gasteiger charge is -2.41. The molecule has 3 N–H and O–H groups in total. The number of alkyl halides is 5. The van der Waals surface area contributed by atoms with Crippen LogP contribution < -0.4 is 20.7 Å². The number of hydrogen-bond donors (Lipinski definition) is 2. The molecule has 1 amide bonds. The molecule has 1 atom stereocenters. The summed E-state index contributed by atoms with van der Waals surface area (Å²) in [6.07, 6.45) is -4.68. The fraction of sp³-hybridized carbons (Fsp3) is 0.500. The summed E-state index contributed by atoms with van der Waals surface area (Å²) in [7, 11) is 0. The number of primary amides is 1. The topological polar surface area (TPSA) is 103 Å². The van der Waals surface area contributed by atoms with E-state index in [-0.39, 0.29) is 36.7 Å². The van der Waals surface area contributed by atoms with Gasteiger partial charge in [0.05, 0.1) is 6.54 Å². The van der Waals surface area contributed by atoms with Crippen molar-refractivity contribution in [2.45, 2.75) is 63.5 Å². The highest BCUT2D eigenvalue weighted by atomic mass is 19.4. The zero-order chi connectivity index (χ0) is 26.7. The number of piperidine rings is 1. The van der Waals surface area contributed by atoms with E-state index in [9.17, 15) is 31.1 Å². The van der Waals surface area contributed by atoms with Crippen molar-refractivity contribution < 1.29 is 40.6 Å². The first-order valence-electron chi connectivity index (χ1n) is 10.9. The molecule has 198 valence electrons. The van der Waals surface area contributed by atoms with Gasteiger partial charge in [-0.05, 0) is 51.3 Å². The van der Waals surface area contributed by atoms with Crippen LogP contribution in [0.15, 0.2) is 30.5 Å². The summed E-state index contributed by atoms with van der Waals surface area (Å²) in [5.74, 6) is -4.99. The van der Waals surface area contributed by atoms with Gasteiger partial charge in [0.25, 0.3) is 5.92 Å². The minimum absolute atomic E-state index is 0.0246. The Morgan fingerprint density at radius 1 is 1.25 bits per heavy atom. The predicted octanol–water partition coefficient (Wildman–Crippen LogP) is 5.52. The SMILES string of the molecule is CC(C)(CC[C@@H]1CCC(F)(F)CN1c1nc(Nc2cc(OC(F)(F)F)ccn2)ccc1F)OC(N)=O. The quantitative estimate of drug-likeness (QED) is 0.441. The normalized spacial score (nSPS) is 18.0. The van der Waals surface area contributed by atoms with E-state index < -0.39 is 54.6 Å². The summed E-state index contributed by atoms with van der Waals surface area (Å²) in [5, 5.41) is 2.63. The van der Waals surface area contributed by atoms with Crippen LogP contribution in [0.5, 0.6) is 5.75 Å². The first-order valence-corrected chi connectivity index (χ1v) is 10.9. The summed E-state index contributed by atoms with van der Waals surface area (Å²) in [6.45, 7) is 2.44.